The standard InChI is InChI=1S/C23H23ClN4O5/c1-14-18(15(2)27(3)26-14)10-12-21(29)33-22(16-7-5-4-6-8-16)23(30)25-20-11-9-17(28(31)32)13-19(20)24/h4-9,11,13,22H,10,12H2,1-3H3,(H,25,30). The van der Waals surface area contributed by atoms with Crippen molar-refractivity contribution < 1.29 is 19.2 Å². The number of aromatic nitrogens is 2. The average molecular weight is 471 g/mol. The van der Waals surface area contributed by atoms with E-state index in [9.17, 15) is 19.7 Å². The number of nitrogens with zero attached hydrogens (tertiary/aromatic N) is 3. The van der Waals surface area contributed by atoms with Crippen molar-refractivity contribution in [3.63, 3.8) is 0 Å². The van der Waals surface area contributed by atoms with Crippen molar-refractivity contribution >= 4 is 34.9 Å². The molecule has 0 aliphatic carbocycles. The predicted octanol–water partition coefficient (Wildman–Crippen LogP) is 4.45. The molecular weight excluding hydrogens is 448 g/mol. The van der Waals surface area contributed by atoms with Gasteiger partial charge < -0.3 is 10.1 Å². The summed E-state index contributed by atoms with van der Waals surface area (Å²) < 4.78 is 7.31. The number of non-ortho nitro benzene ring substituents is 1. The van der Waals surface area contributed by atoms with E-state index in [2.05, 4.69) is 10.4 Å². The van der Waals surface area contributed by atoms with Crippen LogP contribution in [0.3, 0.4) is 0 Å². The van der Waals surface area contributed by atoms with E-state index in [0.29, 0.717) is 12.0 Å². The summed E-state index contributed by atoms with van der Waals surface area (Å²) in [4.78, 5) is 36.0. The molecule has 0 spiro atoms. The molecule has 1 amide bonds. The predicted molar refractivity (Wildman–Crippen MR) is 123 cm³/mol. The molecule has 0 radical (unpaired) electrons. The van der Waals surface area contributed by atoms with E-state index in [1.165, 1.54) is 12.1 Å². The van der Waals surface area contributed by atoms with Gasteiger partial charge >= 0.3 is 5.97 Å². The molecule has 1 heterocycles. The quantitative estimate of drug-likeness (QED) is 0.295. The molecule has 1 N–H and O–H groups in total. The molecule has 0 aliphatic heterocycles. The number of rotatable bonds is 8. The molecule has 33 heavy (non-hydrogen) atoms. The number of amides is 1. The Morgan fingerprint density at radius 2 is 1.91 bits per heavy atom. The highest BCUT2D eigenvalue weighted by Crippen LogP contribution is 2.28. The Balaban J connectivity index is 1.75. The van der Waals surface area contributed by atoms with Crippen LogP contribution in [0, 0.1) is 24.0 Å². The van der Waals surface area contributed by atoms with Gasteiger partial charge in [-0.15, -0.1) is 0 Å². The molecule has 1 atom stereocenters. The van der Waals surface area contributed by atoms with E-state index < -0.39 is 22.9 Å². The number of anilines is 1. The van der Waals surface area contributed by atoms with Crippen LogP contribution in [0.25, 0.3) is 0 Å². The lowest BCUT2D eigenvalue weighted by Crippen LogP contribution is -2.26. The minimum Gasteiger partial charge on any atom is -0.447 e. The summed E-state index contributed by atoms with van der Waals surface area (Å²) in [5.74, 6) is -1.17. The zero-order chi connectivity index (χ0) is 24.1. The third kappa shape index (κ3) is 5.75. The van der Waals surface area contributed by atoms with Gasteiger partial charge in [0.15, 0.2) is 0 Å². The Morgan fingerprint density at radius 1 is 1.21 bits per heavy atom. The van der Waals surface area contributed by atoms with Crippen molar-refractivity contribution in [2.45, 2.75) is 32.8 Å². The zero-order valence-electron chi connectivity index (χ0n) is 18.4. The molecule has 9 nitrogen and oxygen atoms in total. The first-order valence-electron chi connectivity index (χ1n) is 10.2. The molecule has 0 bridgehead atoms. The largest absolute Gasteiger partial charge is 0.447 e. The number of nitrogens with one attached hydrogen (secondary N) is 1. The highest BCUT2D eigenvalue weighted by atomic mass is 35.5. The minimum atomic E-state index is -1.22. The summed E-state index contributed by atoms with van der Waals surface area (Å²) in [6.07, 6.45) is -0.717. The fourth-order valence-corrected chi connectivity index (χ4v) is 3.64. The van der Waals surface area contributed by atoms with Crippen LogP contribution >= 0.6 is 11.6 Å². The number of benzene rings is 2. The number of ether oxygens (including phenoxy) is 1. The van der Waals surface area contributed by atoms with Gasteiger partial charge in [-0.3, -0.25) is 24.4 Å². The van der Waals surface area contributed by atoms with Gasteiger partial charge in [0, 0.05) is 36.9 Å². The van der Waals surface area contributed by atoms with Gasteiger partial charge in [0.05, 0.1) is 21.3 Å². The lowest BCUT2D eigenvalue weighted by atomic mass is 10.1. The van der Waals surface area contributed by atoms with Crippen molar-refractivity contribution in [3.05, 3.63) is 86.2 Å². The first-order valence-corrected chi connectivity index (χ1v) is 10.5. The van der Waals surface area contributed by atoms with E-state index in [4.69, 9.17) is 16.3 Å². The summed E-state index contributed by atoms with van der Waals surface area (Å²) in [7, 11) is 1.84. The lowest BCUT2D eigenvalue weighted by molar-refractivity contribution is -0.384. The molecule has 0 fully saturated rings. The lowest BCUT2D eigenvalue weighted by Gasteiger charge is -2.18. The number of halogens is 1. The number of esters is 1. The van der Waals surface area contributed by atoms with E-state index in [1.54, 1.807) is 35.0 Å². The van der Waals surface area contributed by atoms with Gasteiger partial charge in [0.1, 0.15) is 0 Å². The Bertz CT molecular complexity index is 1190. The maximum atomic E-state index is 13.0. The van der Waals surface area contributed by atoms with Gasteiger partial charge in [-0.25, -0.2) is 0 Å². The molecule has 0 saturated carbocycles. The van der Waals surface area contributed by atoms with Gasteiger partial charge in [-0.2, -0.15) is 5.10 Å². The van der Waals surface area contributed by atoms with Gasteiger partial charge in [-0.1, -0.05) is 41.9 Å². The summed E-state index contributed by atoms with van der Waals surface area (Å²) >= 11 is 6.09. The van der Waals surface area contributed by atoms with Gasteiger partial charge in [0.2, 0.25) is 6.10 Å². The highest BCUT2D eigenvalue weighted by molar-refractivity contribution is 6.34. The molecule has 3 rings (SSSR count). The van der Waals surface area contributed by atoms with Crippen LogP contribution in [0.15, 0.2) is 48.5 Å². The number of carbonyl (C=O) groups excluding carboxylic acids is 2. The molecular formula is C23H23ClN4O5. The number of nitro benzene ring substituents is 1. The number of nitro groups is 1. The van der Waals surface area contributed by atoms with E-state index in [0.717, 1.165) is 23.0 Å². The molecule has 0 saturated heterocycles. The maximum absolute atomic E-state index is 13.0. The number of carbonyl (C=O) groups is 2. The van der Waals surface area contributed by atoms with E-state index in [1.807, 2.05) is 20.9 Å². The van der Waals surface area contributed by atoms with Crippen LogP contribution in [0.4, 0.5) is 11.4 Å². The Labute approximate surface area is 195 Å². The smallest absolute Gasteiger partial charge is 0.307 e. The topological polar surface area (TPSA) is 116 Å². The SMILES string of the molecule is Cc1nn(C)c(C)c1CCC(=O)OC(C(=O)Nc1ccc([N+](=O)[O-])cc1Cl)c1ccccc1. The van der Waals surface area contributed by atoms with E-state index >= 15 is 0 Å². The van der Waals surface area contributed by atoms with Crippen LogP contribution in [0.2, 0.25) is 5.02 Å². The molecule has 3 aromatic rings. The molecule has 0 aliphatic rings. The number of hydrogen-bond donors (Lipinski definition) is 1. The third-order valence-corrected chi connectivity index (χ3v) is 5.56. The minimum absolute atomic E-state index is 0.00165. The van der Waals surface area contributed by atoms with Crippen LogP contribution in [-0.4, -0.2) is 26.6 Å². The molecule has 2 aromatic carbocycles. The molecule has 172 valence electrons. The van der Waals surface area contributed by atoms with Crippen molar-refractivity contribution in [1.82, 2.24) is 9.78 Å². The Hall–Kier alpha value is -3.72. The van der Waals surface area contributed by atoms with Crippen molar-refractivity contribution in [2.75, 3.05) is 5.32 Å². The number of hydrogen-bond acceptors (Lipinski definition) is 6. The first-order chi connectivity index (χ1) is 15.7. The van der Waals surface area contributed by atoms with Gasteiger partial charge in [-0.05, 0) is 31.9 Å². The van der Waals surface area contributed by atoms with Crippen molar-refractivity contribution in [3.8, 4) is 0 Å². The second-order valence-electron chi connectivity index (χ2n) is 7.46. The summed E-state index contributed by atoms with van der Waals surface area (Å²) in [6, 6.07) is 12.3. The van der Waals surface area contributed by atoms with Crippen LogP contribution < -0.4 is 5.32 Å². The average Bonchev–Trinajstić information content (AvgIpc) is 3.03. The normalized spacial score (nSPS) is 11.6. The van der Waals surface area contributed by atoms with Gasteiger partial charge in [0.25, 0.3) is 11.6 Å². The monoisotopic (exact) mass is 470 g/mol. The molecule has 1 unspecified atom stereocenters. The fraction of sp³-hybridized carbons (Fsp3) is 0.261. The summed E-state index contributed by atoms with van der Waals surface area (Å²) in [5, 5.41) is 17.8. The zero-order valence-corrected chi connectivity index (χ0v) is 19.1. The third-order valence-electron chi connectivity index (χ3n) is 5.25. The second-order valence-corrected chi connectivity index (χ2v) is 7.87. The van der Waals surface area contributed by atoms with Crippen LogP contribution in [0.1, 0.15) is 35.0 Å². The van der Waals surface area contributed by atoms with E-state index in [-0.39, 0.29) is 22.8 Å². The van der Waals surface area contributed by atoms with Crippen LogP contribution in [-0.2, 0) is 27.8 Å². The molecule has 10 heteroatoms. The first kappa shape index (κ1) is 23.9. The number of aryl methyl sites for hydroxylation is 2. The Kier molecular flexibility index (Phi) is 7.44. The summed E-state index contributed by atoms with van der Waals surface area (Å²) in [6.45, 7) is 3.80. The van der Waals surface area contributed by atoms with Crippen LogP contribution in [0.5, 0.6) is 0 Å². The fourth-order valence-electron chi connectivity index (χ4n) is 3.41. The van der Waals surface area contributed by atoms with Crippen molar-refractivity contribution in [2.24, 2.45) is 7.05 Å². The molecule has 1 aromatic heterocycles. The maximum Gasteiger partial charge on any atom is 0.307 e. The highest BCUT2D eigenvalue weighted by Gasteiger charge is 2.26. The Morgan fingerprint density at radius 3 is 2.48 bits per heavy atom. The van der Waals surface area contributed by atoms with Crippen molar-refractivity contribution in [1.29, 1.82) is 0 Å². The summed E-state index contributed by atoms with van der Waals surface area (Å²) in [5.41, 5.74) is 3.22. The second kappa shape index (κ2) is 10.3.